The third kappa shape index (κ3) is 18.8. The van der Waals surface area contributed by atoms with Crippen molar-refractivity contribution >= 4 is 36.8 Å². The lowest BCUT2D eigenvalue weighted by molar-refractivity contribution is -0.288. The van der Waals surface area contributed by atoms with E-state index in [1.807, 2.05) is 53.7 Å². The van der Waals surface area contributed by atoms with Crippen molar-refractivity contribution in [3.63, 3.8) is 0 Å². The van der Waals surface area contributed by atoms with E-state index in [2.05, 4.69) is 167 Å². The number of sulfone groups is 1. The molecular formula is C73H92F6O3SSi2. The lowest BCUT2D eigenvalue weighted by Crippen LogP contribution is -2.57. The number of hydrogen-bond donors (Lipinski definition) is 0. The fourth-order valence-electron chi connectivity index (χ4n) is 9.14. The molecule has 0 saturated heterocycles. The summed E-state index contributed by atoms with van der Waals surface area (Å²) in [5, 5.41) is 2.79. The van der Waals surface area contributed by atoms with E-state index in [1.54, 1.807) is 38.1 Å². The molecule has 0 aliphatic rings. The molecule has 458 valence electrons. The van der Waals surface area contributed by atoms with Crippen LogP contribution in [0, 0.1) is 111 Å². The Hall–Kier alpha value is -6.32. The van der Waals surface area contributed by atoms with E-state index < -0.39 is 55.4 Å². The van der Waals surface area contributed by atoms with Gasteiger partial charge in [0.15, 0.2) is 0 Å². The van der Waals surface area contributed by atoms with Crippen LogP contribution in [0.4, 0.5) is 26.3 Å². The minimum Gasteiger partial charge on any atom is -0.449 e. The Labute approximate surface area is 509 Å². The predicted octanol–water partition coefficient (Wildman–Crippen LogP) is 20.2. The zero-order chi connectivity index (χ0) is 64.8. The van der Waals surface area contributed by atoms with Crippen molar-refractivity contribution in [2.75, 3.05) is 0 Å². The Morgan fingerprint density at radius 3 is 0.753 bits per heavy atom. The van der Waals surface area contributed by atoms with Gasteiger partial charge in [0.1, 0.15) is 0 Å². The summed E-state index contributed by atoms with van der Waals surface area (Å²) < 4.78 is 116. The molecule has 85 heavy (non-hydrogen) atoms. The fraction of sp³-hybridized carbons (Fsp3) is 0.342. The summed E-state index contributed by atoms with van der Waals surface area (Å²) in [5.74, 6) is 0. The molecule has 0 N–H and O–H groups in total. The van der Waals surface area contributed by atoms with E-state index >= 15 is 0 Å². The molecule has 0 aliphatic heterocycles. The highest BCUT2D eigenvalue weighted by molar-refractivity contribution is 7.91. The van der Waals surface area contributed by atoms with Crippen LogP contribution in [0.3, 0.4) is 0 Å². The molecule has 0 heterocycles. The summed E-state index contributed by atoms with van der Waals surface area (Å²) in [6, 6.07) is 47.2. The minimum atomic E-state index is -5.55. The SMILES string of the molecule is CC.Cc1ccc(C(c2ccc(C)c(C)c2)(C(F)(F)F)C(F)(F)F)cc1C.Cc1ccc(S(=O)(=O)c2ccc(C)c(C)c2)cc1C.Cc1ccc([Si](C)(C)O[Si](C)(C)c2ccc(C)c(C)c2)cc1C.Cc1ccccc1C.Cc1ccccc1C. The molecule has 0 fully saturated rings. The summed E-state index contributed by atoms with van der Waals surface area (Å²) >= 11 is 0. The first-order valence-electron chi connectivity index (χ1n) is 28.9. The van der Waals surface area contributed by atoms with Gasteiger partial charge in [0.05, 0.1) is 9.79 Å². The maximum atomic E-state index is 14.0. The minimum absolute atomic E-state index is 0.360. The zero-order valence-electron chi connectivity index (χ0n) is 54.4. The number of aryl methyl sites for hydroxylation is 16. The third-order valence-corrected chi connectivity index (χ3v) is 25.3. The topological polar surface area (TPSA) is 43.4 Å². The second kappa shape index (κ2) is 30.4. The van der Waals surface area contributed by atoms with Crippen molar-refractivity contribution in [3.8, 4) is 0 Å². The van der Waals surface area contributed by atoms with Crippen molar-refractivity contribution in [1.82, 2.24) is 0 Å². The molecule has 0 aromatic heterocycles. The van der Waals surface area contributed by atoms with E-state index in [-0.39, 0.29) is 0 Å². The Bertz CT molecular complexity index is 3360. The van der Waals surface area contributed by atoms with Crippen LogP contribution in [0.5, 0.6) is 0 Å². The van der Waals surface area contributed by atoms with Crippen LogP contribution in [0.2, 0.25) is 26.2 Å². The summed E-state index contributed by atoms with van der Waals surface area (Å²) in [7, 11) is -7.26. The quantitative estimate of drug-likeness (QED) is 0.112. The van der Waals surface area contributed by atoms with Crippen molar-refractivity contribution in [2.45, 2.75) is 178 Å². The van der Waals surface area contributed by atoms with E-state index in [0.29, 0.717) is 32.0 Å². The molecule has 0 bridgehead atoms. The molecular weight excluding hydrogens is 1130 g/mol. The largest absolute Gasteiger partial charge is 0.449 e. The van der Waals surface area contributed by atoms with Gasteiger partial charge in [0, 0.05) is 0 Å². The van der Waals surface area contributed by atoms with Crippen LogP contribution in [-0.4, -0.2) is 37.4 Å². The van der Waals surface area contributed by atoms with Crippen LogP contribution < -0.4 is 10.4 Å². The van der Waals surface area contributed by atoms with Gasteiger partial charge < -0.3 is 4.12 Å². The standard InChI is InChI=1S/C20H30OSi2.C19H18F6.C16H18O2S.2C8H10.C2H6/c1-15-9-11-19(13-17(15)3)22(5,6)21-23(7,8)20-12-10-16(2)18(4)14-20;1-11-5-7-15(9-13(11)3)17(18(20,21)22,19(23,24)25)16-8-6-12(2)14(4)10-16;1-11-5-7-15(9-13(11)3)19(17,18)16-8-6-12(2)14(4)10-16;2*1-7-5-3-4-6-8(7)2;1-2/h9-14H,1-8H3;5-10H,1-4H3;5-10H,1-4H3;2*3-6H,1-2H3;1-2H3. The number of halogens is 6. The fourth-order valence-corrected chi connectivity index (χ4v) is 18.7. The van der Waals surface area contributed by atoms with Gasteiger partial charge in [0.2, 0.25) is 31.9 Å². The van der Waals surface area contributed by atoms with Gasteiger partial charge in [-0.3, -0.25) is 0 Å². The van der Waals surface area contributed by atoms with E-state index in [1.165, 1.54) is 80.9 Å². The number of hydrogen-bond acceptors (Lipinski definition) is 3. The van der Waals surface area contributed by atoms with E-state index in [9.17, 15) is 34.8 Å². The van der Waals surface area contributed by atoms with Crippen molar-refractivity contribution in [2.24, 2.45) is 0 Å². The number of alkyl halides is 6. The van der Waals surface area contributed by atoms with Gasteiger partial charge in [-0.05, 0) is 272 Å². The van der Waals surface area contributed by atoms with Crippen LogP contribution >= 0.6 is 0 Å². The van der Waals surface area contributed by atoms with Crippen molar-refractivity contribution < 1.29 is 38.9 Å². The van der Waals surface area contributed by atoms with Crippen LogP contribution in [0.15, 0.2) is 168 Å². The van der Waals surface area contributed by atoms with Gasteiger partial charge in [-0.15, -0.1) is 0 Å². The number of benzene rings is 8. The molecule has 0 unspecified atom stereocenters. The highest BCUT2D eigenvalue weighted by Crippen LogP contribution is 2.56. The average Bonchev–Trinajstić information content (AvgIpc) is 0.894. The number of rotatable bonds is 8. The molecule has 3 nitrogen and oxygen atoms in total. The van der Waals surface area contributed by atoms with Crippen molar-refractivity contribution in [3.05, 3.63) is 258 Å². The van der Waals surface area contributed by atoms with Crippen molar-refractivity contribution in [1.29, 1.82) is 0 Å². The van der Waals surface area contributed by atoms with E-state index in [4.69, 9.17) is 4.12 Å². The Morgan fingerprint density at radius 1 is 0.306 bits per heavy atom. The third-order valence-electron chi connectivity index (χ3n) is 16.1. The highest BCUT2D eigenvalue weighted by atomic mass is 32.2. The molecule has 8 aromatic rings. The smallest absolute Gasteiger partial charge is 0.411 e. The second-order valence-corrected chi connectivity index (χ2v) is 33.2. The molecule has 0 amide bonds. The Kier molecular flexibility index (Phi) is 26.0. The monoisotopic (exact) mass is 1220 g/mol. The maximum absolute atomic E-state index is 14.0. The summed E-state index contributed by atoms with van der Waals surface area (Å²) in [6.07, 6.45) is -11.1. The molecule has 8 aromatic carbocycles. The lowest BCUT2D eigenvalue weighted by atomic mass is 9.71. The molecule has 0 atom stereocenters. The zero-order valence-corrected chi connectivity index (χ0v) is 57.2. The lowest BCUT2D eigenvalue weighted by Gasteiger charge is -2.38. The first-order valence-corrected chi connectivity index (χ1v) is 36.2. The van der Waals surface area contributed by atoms with Gasteiger partial charge in [-0.25, -0.2) is 8.42 Å². The van der Waals surface area contributed by atoms with Gasteiger partial charge in [-0.2, -0.15) is 26.3 Å². The normalized spacial score (nSPS) is 11.7. The van der Waals surface area contributed by atoms with E-state index in [0.717, 1.165) is 46.5 Å². The second-order valence-electron chi connectivity index (χ2n) is 23.2. The van der Waals surface area contributed by atoms with Crippen LogP contribution in [-0.2, 0) is 19.4 Å². The first-order chi connectivity index (χ1) is 39.3. The highest BCUT2D eigenvalue weighted by Gasteiger charge is 2.72. The molecule has 0 saturated carbocycles. The average molecular weight is 1220 g/mol. The van der Waals surface area contributed by atoms with Gasteiger partial charge >= 0.3 is 12.4 Å². The first kappa shape index (κ1) is 72.9. The Morgan fingerprint density at radius 2 is 0.529 bits per heavy atom. The van der Waals surface area contributed by atoms with Crippen LogP contribution in [0.25, 0.3) is 0 Å². The Balaban J connectivity index is 0.000000292. The molecule has 12 heteroatoms. The predicted molar refractivity (Wildman–Crippen MR) is 352 cm³/mol. The van der Waals surface area contributed by atoms with Gasteiger partial charge in [-0.1, -0.05) is 147 Å². The summed E-state index contributed by atoms with van der Waals surface area (Å²) in [6.45, 7) is 44.6. The molecule has 0 aliphatic carbocycles. The van der Waals surface area contributed by atoms with Gasteiger partial charge in [0.25, 0.3) is 0 Å². The summed E-state index contributed by atoms with van der Waals surface area (Å²) in [5.41, 5.74) is 11.4. The molecule has 8 rings (SSSR count). The molecule has 0 spiro atoms. The summed E-state index contributed by atoms with van der Waals surface area (Å²) in [4.78, 5) is 0.720. The maximum Gasteiger partial charge on any atom is 0.411 e. The molecule has 0 radical (unpaired) electrons. The van der Waals surface area contributed by atoms with Crippen LogP contribution in [0.1, 0.15) is 114 Å².